The average Bonchev–Trinajstić information content (AvgIpc) is 2.97. The lowest BCUT2D eigenvalue weighted by atomic mass is 9.97. The molecule has 0 radical (unpaired) electrons. The molecule has 0 bridgehead atoms. The maximum atomic E-state index is 12.3. The third-order valence-corrected chi connectivity index (χ3v) is 4.69. The molecule has 0 aliphatic heterocycles. The molecule has 2 N–H and O–H groups in total. The highest BCUT2D eigenvalue weighted by Gasteiger charge is 2.15. The number of benzene rings is 2. The van der Waals surface area contributed by atoms with Gasteiger partial charge in [0.05, 0.1) is 11.0 Å². The lowest BCUT2D eigenvalue weighted by Crippen LogP contribution is -2.32. The number of rotatable bonds is 4. The summed E-state index contributed by atoms with van der Waals surface area (Å²) in [6.45, 7) is 6.86. The third-order valence-electron chi connectivity index (χ3n) is 3.98. The lowest BCUT2D eigenvalue weighted by Gasteiger charge is -2.18. The molecule has 0 fully saturated rings. The molecule has 0 saturated heterocycles. The SMILES string of the molecule is CC(C)(C)CNC(=O)c1ccc2nc(Cc3c(Cl)cccc3Cl)[nH]c2c1. The Bertz CT molecular complexity index is 937. The van der Waals surface area contributed by atoms with Crippen molar-refractivity contribution in [1.29, 1.82) is 0 Å². The summed E-state index contributed by atoms with van der Waals surface area (Å²) >= 11 is 12.5. The molecule has 1 heterocycles. The molecule has 1 amide bonds. The summed E-state index contributed by atoms with van der Waals surface area (Å²) in [4.78, 5) is 20.2. The Hall–Kier alpha value is -2.04. The maximum Gasteiger partial charge on any atom is 0.251 e. The Morgan fingerprint density at radius 3 is 2.50 bits per heavy atom. The highest BCUT2D eigenvalue weighted by atomic mass is 35.5. The highest BCUT2D eigenvalue weighted by Crippen LogP contribution is 2.27. The van der Waals surface area contributed by atoms with Crippen molar-refractivity contribution in [3.05, 3.63) is 63.4 Å². The molecule has 3 aromatic rings. The first-order valence-electron chi connectivity index (χ1n) is 8.43. The average molecular weight is 390 g/mol. The number of carbonyl (C=O) groups is 1. The van der Waals surface area contributed by atoms with Gasteiger partial charge in [0.15, 0.2) is 0 Å². The Kier molecular flexibility index (Phi) is 5.26. The molecule has 1 aromatic heterocycles. The molecule has 0 unspecified atom stereocenters. The molecule has 0 saturated carbocycles. The van der Waals surface area contributed by atoms with Crippen molar-refractivity contribution >= 4 is 40.1 Å². The standard InChI is InChI=1S/C20H21Cl2N3O/c1-20(2,3)11-23-19(26)12-7-8-16-17(9-12)25-18(24-16)10-13-14(21)5-4-6-15(13)22/h4-9H,10-11H2,1-3H3,(H,23,26)(H,24,25). The van der Waals surface area contributed by atoms with E-state index in [4.69, 9.17) is 23.2 Å². The van der Waals surface area contributed by atoms with Gasteiger partial charge in [0.2, 0.25) is 0 Å². The van der Waals surface area contributed by atoms with Crippen molar-refractivity contribution in [2.24, 2.45) is 5.41 Å². The number of aromatic amines is 1. The minimum absolute atomic E-state index is 0.0368. The maximum absolute atomic E-state index is 12.3. The van der Waals surface area contributed by atoms with Crippen LogP contribution in [0.3, 0.4) is 0 Å². The van der Waals surface area contributed by atoms with E-state index in [-0.39, 0.29) is 11.3 Å². The number of aromatic nitrogens is 2. The van der Waals surface area contributed by atoms with Gasteiger partial charge in [-0.3, -0.25) is 4.79 Å². The van der Waals surface area contributed by atoms with Gasteiger partial charge in [-0.25, -0.2) is 4.98 Å². The topological polar surface area (TPSA) is 57.8 Å². The van der Waals surface area contributed by atoms with Crippen molar-refractivity contribution in [2.45, 2.75) is 27.2 Å². The summed E-state index contributed by atoms with van der Waals surface area (Å²) in [5.41, 5.74) is 3.09. The highest BCUT2D eigenvalue weighted by molar-refractivity contribution is 6.36. The van der Waals surface area contributed by atoms with E-state index >= 15 is 0 Å². The fourth-order valence-corrected chi connectivity index (χ4v) is 3.13. The number of hydrogen-bond donors (Lipinski definition) is 2. The van der Waals surface area contributed by atoms with E-state index in [1.807, 2.05) is 30.3 Å². The van der Waals surface area contributed by atoms with Crippen LogP contribution >= 0.6 is 23.2 Å². The fraction of sp³-hybridized carbons (Fsp3) is 0.300. The number of fused-ring (bicyclic) bond motifs is 1. The van der Waals surface area contributed by atoms with Crippen molar-refractivity contribution in [3.8, 4) is 0 Å². The smallest absolute Gasteiger partial charge is 0.251 e. The first-order valence-corrected chi connectivity index (χ1v) is 9.18. The van der Waals surface area contributed by atoms with E-state index in [2.05, 4.69) is 36.1 Å². The van der Waals surface area contributed by atoms with E-state index in [0.29, 0.717) is 28.6 Å². The van der Waals surface area contributed by atoms with Crippen LogP contribution in [0.15, 0.2) is 36.4 Å². The van der Waals surface area contributed by atoms with Gasteiger partial charge < -0.3 is 10.3 Å². The molecule has 4 nitrogen and oxygen atoms in total. The predicted octanol–water partition coefficient (Wildman–Crippen LogP) is 5.24. The molecule has 0 aliphatic carbocycles. The number of carbonyl (C=O) groups excluding carboxylic acids is 1. The van der Waals surface area contributed by atoms with Crippen LogP contribution in [-0.4, -0.2) is 22.4 Å². The first-order chi connectivity index (χ1) is 12.2. The number of nitrogens with one attached hydrogen (secondary N) is 2. The Morgan fingerprint density at radius 1 is 1.15 bits per heavy atom. The molecule has 3 rings (SSSR count). The van der Waals surface area contributed by atoms with Gasteiger partial charge in [-0.05, 0) is 41.3 Å². The fourth-order valence-electron chi connectivity index (χ4n) is 2.60. The Morgan fingerprint density at radius 2 is 1.85 bits per heavy atom. The minimum Gasteiger partial charge on any atom is -0.352 e. The predicted molar refractivity (Wildman–Crippen MR) is 107 cm³/mol. The van der Waals surface area contributed by atoms with Gasteiger partial charge in [-0.15, -0.1) is 0 Å². The van der Waals surface area contributed by atoms with Crippen LogP contribution in [0, 0.1) is 5.41 Å². The van der Waals surface area contributed by atoms with E-state index in [0.717, 1.165) is 22.4 Å². The van der Waals surface area contributed by atoms with Gasteiger partial charge in [0.25, 0.3) is 5.91 Å². The van der Waals surface area contributed by atoms with E-state index in [1.54, 1.807) is 6.07 Å². The van der Waals surface area contributed by atoms with Crippen molar-refractivity contribution < 1.29 is 4.79 Å². The van der Waals surface area contributed by atoms with E-state index in [1.165, 1.54) is 0 Å². The summed E-state index contributed by atoms with van der Waals surface area (Å²) in [5, 5.41) is 4.18. The molecule has 6 heteroatoms. The summed E-state index contributed by atoms with van der Waals surface area (Å²) in [5.74, 6) is 0.661. The summed E-state index contributed by atoms with van der Waals surface area (Å²) < 4.78 is 0. The monoisotopic (exact) mass is 389 g/mol. The van der Waals surface area contributed by atoms with Crippen molar-refractivity contribution in [2.75, 3.05) is 6.54 Å². The number of nitrogens with zero attached hydrogens (tertiary/aromatic N) is 1. The van der Waals surface area contributed by atoms with Crippen LogP contribution in [0.4, 0.5) is 0 Å². The Labute approximate surface area is 162 Å². The lowest BCUT2D eigenvalue weighted by molar-refractivity contribution is 0.0939. The number of H-pyrrole nitrogens is 1. The summed E-state index contributed by atoms with van der Waals surface area (Å²) in [6, 6.07) is 10.9. The van der Waals surface area contributed by atoms with Gasteiger partial charge in [0, 0.05) is 28.6 Å². The quantitative estimate of drug-likeness (QED) is 0.640. The van der Waals surface area contributed by atoms with Crippen LogP contribution in [0.2, 0.25) is 10.0 Å². The second-order valence-corrected chi connectivity index (χ2v) is 8.35. The minimum atomic E-state index is -0.0906. The van der Waals surface area contributed by atoms with Gasteiger partial charge in [0.1, 0.15) is 5.82 Å². The summed E-state index contributed by atoms with van der Waals surface area (Å²) in [6.07, 6.45) is 0.499. The third kappa shape index (κ3) is 4.37. The second kappa shape index (κ2) is 7.29. The van der Waals surface area contributed by atoms with Crippen LogP contribution < -0.4 is 5.32 Å². The normalized spacial score (nSPS) is 11.7. The van der Waals surface area contributed by atoms with Crippen LogP contribution in [0.1, 0.15) is 42.5 Å². The molecule has 2 aromatic carbocycles. The van der Waals surface area contributed by atoms with Crippen molar-refractivity contribution in [1.82, 2.24) is 15.3 Å². The first kappa shape index (κ1) is 18.7. The van der Waals surface area contributed by atoms with E-state index in [9.17, 15) is 4.79 Å². The summed E-state index contributed by atoms with van der Waals surface area (Å²) in [7, 11) is 0. The van der Waals surface area contributed by atoms with Crippen LogP contribution in [-0.2, 0) is 6.42 Å². The van der Waals surface area contributed by atoms with Crippen molar-refractivity contribution in [3.63, 3.8) is 0 Å². The molecule has 0 atom stereocenters. The molecule has 0 spiro atoms. The zero-order valence-electron chi connectivity index (χ0n) is 15.0. The zero-order valence-corrected chi connectivity index (χ0v) is 16.5. The molecular weight excluding hydrogens is 369 g/mol. The number of amides is 1. The molecule has 0 aliphatic rings. The molecule has 136 valence electrons. The van der Waals surface area contributed by atoms with Crippen LogP contribution in [0.25, 0.3) is 11.0 Å². The van der Waals surface area contributed by atoms with Gasteiger partial charge in [-0.2, -0.15) is 0 Å². The van der Waals surface area contributed by atoms with Gasteiger partial charge in [-0.1, -0.05) is 50.0 Å². The van der Waals surface area contributed by atoms with E-state index < -0.39 is 0 Å². The van der Waals surface area contributed by atoms with Gasteiger partial charge >= 0.3 is 0 Å². The largest absolute Gasteiger partial charge is 0.352 e. The second-order valence-electron chi connectivity index (χ2n) is 7.54. The van der Waals surface area contributed by atoms with Crippen LogP contribution in [0.5, 0.6) is 0 Å². The number of halogens is 2. The molecule has 26 heavy (non-hydrogen) atoms. The Balaban J connectivity index is 1.82. The number of imidazole rings is 1. The number of hydrogen-bond acceptors (Lipinski definition) is 2. The zero-order chi connectivity index (χ0) is 18.9. The molecular formula is C20H21Cl2N3O.